The minimum absolute atomic E-state index is 0.0737. The minimum atomic E-state index is -1.40. The smallest absolute Gasteiger partial charge is 0.357 e. The van der Waals surface area contributed by atoms with Crippen LogP contribution in [-0.4, -0.2) is 88.7 Å². The third-order valence-corrected chi connectivity index (χ3v) is 9.78. The number of thioether (sulfide) groups is 2. The van der Waals surface area contributed by atoms with Gasteiger partial charge in [-0.15, -0.1) is 34.9 Å². The van der Waals surface area contributed by atoms with Crippen LogP contribution in [0.2, 0.25) is 0 Å². The van der Waals surface area contributed by atoms with Gasteiger partial charge in [0.05, 0.1) is 12.0 Å². The van der Waals surface area contributed by atoms with Crippen LogP contribution in [0.3, 0.4) is 0 Å². The molecule has 1 aromatic rings. The van der Waals surface area contributed by atoms with E-state index in [1.165, 1.54) is 23.8 Å². The van der Waals surface area contributed by atoms with E-state index in [9.17, 15) is 19.2 Å². The molecule has 1 aromatic heterocycles. The number of carbonyl (C=O) groups excluding carboxylic acids is 4. The number of fused-ring (bicyclic) bond motifs is 1. The molecule has 0 radical (unpaired) electrons. The minimum Gasteiger partial charge on any atom is -0.427 e. The van der Waals surface area contributed by atoms with Crippen LogP contribution in [0, 0.1) is 11.3 Å². The van der Waals surface area contributed by atoms with E-state index in [0.717, 1.165) is 28.7 Å². The van der Waals surface area contributed by atoms with Crippen LogP contribution in [0.5, 0.6) is 0 Å². The second-order valence-electron chi connectivity index (χ2n) is 10.1. The monoisotopic (exact) mass is 613 g/mol. The lowest BCUT2D eigenvalue weighted by atomic mass is 9.93. The van der Waals surface area contributed by atoms with Gasteiger partial charge in [-0.05, 0) is 39.0 Å². The number of anilines is 1. The number of nitrogens with two attached hydrogens (primary N) is 1. The maximum Gasteiger partial charge on any atom is 0.357 e. The normalized spacial score (nSPS) is 24.8. The van der Waals surface area contributed by atoms with Crippen LogP contribution in [0.25, 0.3) is 0 Å². The Hall–Kier alpha value is -2.82. The fourth-order valence-corrected chi connectivity index (χ4v) is 7.62. The Labute approximate surface area is 243 Å². The van der Waals surface area contributed by atoms with Crippen molar-refractivity contribution in [3.8, 4) is 0 Å². The molecule has 13 nitrogen and oxygen atoms in total. The molecule has 4 rings (SSSR count). The molecule has 0 aromatic carbocycles. The summed E-state index contributed by atoms with van der Waals surface area (Å²) in [5, 5.41) is 7.76. The summed E-state index contributed by atoms with van der Waals surface area (Å²) in [5.74, 6) is -2.18. The molecule has 16 heteroatoms. The first kappa shape index (κ1) is 30.1. The molecule has 2 amide bonds. The van der Waals surface area contributed by atoms with Gasteiger partial charge >= 0.3 is 11.9 Å². The molecule has 3 aliphatic heterocycles. The number of esters is 2. The predicted octanol–water partition coefficient (Wildman–Crippen LogP) is 1.55. The second kappa shape index (κ2) is 12.0. The quantitative estimate of drug-likeness (QED) is 0.136. The number of nitrogens with one attached hydrogen (secondary N) is 1. The van der Waals surface area contributed by atoms with Crippen molar-refractivity contribution in [2.24, 2.45) is 16.5 Å². The van der Waals surface area contributed by atoms with Crippen LogP contribution in [0.1, 0.15) is 32.9 Å². The zero-order valence-corrected chi connectivity index (χ0v) is 25.1. The van der Waals surface area contributed by atoms with Crippen LogP contribution < -0.4 is 11.1 Å². The second-order valence-corrected chi connectivity index (χ2v) is 13.1. The van der Waals surface area contributed by atoms with Crippen molar-refractivity contribution in [2.75, 3.05) is 44.9 Å². The van der Waals surface area contributed by atoms with Crippen molar-refractivity contribution in [3.63, 3.8) is 0 Å². The highest BCUT2D eigenvalue weighted by Gasteiger charge is 2.66. The highest BCUT2D eigenvalue weighted by atomic mass is 32.2. The Morgan fingerprint density at radius 3 is 2.67 bits per heavy atom. The molecule has 0 bridgehead atoms. The maximum atomic E-state index is 13.8. The topological polar surface area (TPSA) is 172 Å². The summed E-state index contributed by atoms with van der Waals surface area (Å²) in [6.07, 6.45) is 2.38. The molecule has 0 spiro atoms. The highest BCUT2D eigenvalue weighted by molar-refractivity contribution is 8.05. The first-order valence-electron chi connectivity index (χ1n) is 12.2. The summed E-state index contributed by atoms with van der Waals surface area (Å²) in [5.41, 5.74) is 5.82. The van der Waals surface area contributed by atoms with E-state index in [4.69, 9.17) is 24.8 Å². The third-order valence-electron chi connectivity index (χ3n) is 6.45. The number of hydrogen-bond donors (Lipinski definition) is 2. The molecule has 3 N–H and O–H groups in total. The lowest BCUT2D eigenvalue weighted by Crippen LogP contribution is -2.78. The van der Waals surface area contributed by atoms with Gasteiger partial charge in [-0.3, -0.25) is 19.3 Å². The summed E-state index contributed by atoms with van der Waals surface area (Å²) in [6.45, 7) is 5.41. The Morgan fingerprint density at radius 1 is 1.35 bits per heavy atom. The van der Waals surface area contributed by atoms with Crippen LogP contribution in [0.15, 0.2) is 21.8 Å². The standard InChI is InChI=1S/C24H31N5O8S3/c1-23(2,3)21(33)37-11-36-18(31)16-13(12-6-7-35-8-12)9-39-20-24(38-5,19(32)29(16)20)27-17(30)15(28-34-4)14-10-40-22(25)26-14/h10,12,20H,6-9,11H2,1-5H3,(H2,25,26)(H,27,30)/b28-15-/t12?,20-,24?/m0/s1. The van der Waals surface area contributed by atoms with Crippen LogP contribution >= 0.6 is 34.9 Å². The van der Waals surface area contributed by atoms with Crippen molar-refractivity contribution < 1.29 is 38.2 Å². The number of rotatable bonds is 9. The molecule has 40 heavy (non-hydrogen) atoms. The summed E-state index contributed by atoms with van der Waals surface area (Å²) in [7, 11) is 1.29. The van der Waals surface area contributed by atoms with Gasteiger partial charge in [0.2, 0.25) is 6.79 Å². The zero-order valence-electron chi connectivity index (χ0n) is 22.7. The van der Waals surface area contributed by atoms with E-state index >= 15 is 0 Å². The molecular weight excluding hydrogens is 582 g/mol. The fourth-order valence-electron chi connectivity index (χ4n) is 4.35. The number of ether oxygens (including phenoxy) is 3. The predicted molar refractivity (Wildman–Crippen MR) is 150 cm³/mol. The van der Waals surface area contributed by atoms with E-state index in [2.05, 4.69) is 15.5 Å². The van der Waals surface area contributed by atoms with Gasteiger partial charge in [0.15, 0.2) is 15.7 Å². The van der Waals surface area contributed by atoms with E-state index in [0.29, 0.717) is 25.4 Å². The van der Waals surface area contributed by atoms with E-state index in [-0.39, 0.29) is 28.2 Å². The molecule has 0 aliphatic carbocycles. The molecular formula is C24H31N5O8S3. The number of carbonyl (C=O) groups is 4. The molecule has 2 saturated heterocycles. The van der Waals surface area contributed by atoms with E-state index in [1.807, 2.05) is 0 Å². The fraction of sp³-hybridized carbons (Fsp3) is 0.583. The molecule has 4 heterocycles. The summed E-state index contributed by atoms with van der Waals surface area (Å²) in [4.78, 5) is 61.5. The molecule has 3 aliphatic rings. The summed E-state index contributed by atoms with van der Waals surface area (Å²) in [6, 6.07) is 0. The van der Waals surface area contributed by atoms with E-state index in [1.54, 1.807) is 32.4 Å². The third kappa shape index (κ3) is 5.66. The molecule has 2 unspecified atom stereocenters. The van der Waals surface area contributed by atoms with Crippen molar-refractivity contribution in [1.82, 2.24) is 15.2 Å². The first-order valence-corrected chi connectivity index (χ1v) is 15.4. The number of hydrogen-bond acceptors (Lipinski definition) is 14. The first-order chi connectivity index (χ1) is 18.9. The SMILES string of the molecule is CO/N=C(\C(=O)NC1(SC)C(=O)N2C(C(=O)OCOC(=O)C(C)(C)C)=C(C3CCOC3)CS[C@H]21)c1csc(N)n1. The maximum absolute atomic E-state index is 13.8. The molecule has 2 fully saturated rings. The Morgan fingerprint density at radius 2 is 2.10 bits per heavy atom. The van der Waals surface area contributed by atoms with Crippen LogP contribution in [-0.2, 0) is 38.2 Å². The zero-order chi connectivity index (χ0) is 29.2. The Balaban J connectivity index is 1.59. The van der Waals surface area contributed by atoms with Gasteiger partial charge in [0.25, 0.3) is 11.8 Å². The number of amides is 2. The molecule has 0 saturated carbocycles. The van der Waals surface area contributed by atoms with E-state index < -0.39 is 46.2 Å². The summed E-state index contributed by atoms with van der Waals surface area (Å²) < 4.78 is 16.0. The number of β-lactam (4-membered cyclic amide) rings is 1. The van der Waals surface area contributed by atoms with Gasteiger partial charge < -0.3 is 30.1 Å². The number of thiazole rings is 1. The van der Waals surface area contributed by atoms with Gasteiger partial charge in [0.1, 0.15) is 23.9 Å². The lowest BCUT2D eigenvalue weighted by molar-refractivity contribution is -0.173. The Kier molecular flexibility index (Phi) is 9.02. The van der Waals surface area contributed by atoms with Gasteiger partial charge in [-0.25, -0.2) is 9.78 Å². The van der Waals surface area contributed by atoms with Gasteiger partial charge in [-0.2, -0.15) is 0 Å². The number of oxime groups is 1. The van der Waals surface area contributed by atoms with Crippen LogP contribution in [0.4, 0.5) is 5.13 Å². The van der Waals surface area contributed by atoms with Crippen molar-refractivity contribution in [3.05, 3.63) is 22.3 Å². The molecule has 3 atom stereocenters. The number of aromatic nitrogens is 1. The van der Waals surface area contributed by atoms with Gasteiger partial charge in [-0.1, -0.05) is 5.16 Å². The summed E-state index contributed by atoms with van der Waals surface area (Å²) >= 11 is 3.69. The lowest BCUT2D eigenvalue weighted by Gasteiger charge is -2.56. The van der Waals surface area contributed by atoms with Crippen molar-refractivity contribution in [1.29, 1.82) is 0 Å². The van der Waals surface area contributed by atoms with Crippen molar-refractivity contribution >= 4 is 69.5 Å². The number of nitrogen functional groups attached to an aromatic ring is 1. The molecule has 218 valence electrons. The number of nitrogens with zero attached hydrogens (tertiary/aromatic N) is 3. The largest absolute Gasteiger partial charge is 0.427 e. The average Bonchev–Trinajstić information content (AvgIpc) is 3.60. The average molecular weight is 614 g/mol. The Bertz CT molecular complexity index is 1250. The highest BCUT2D eigenvalue weighted by Crippen LogP contribution is 2.52. The van der Waals surface area contributed by atoms with Gasteiger partial charge in [0, 0.05) is 23.7 Å². The van der Waals surface area contributed by atoms with Crippen molar-refractivity contribution in [2.45, 2.75) is 37.4 Å².